The number of hydrogen-bond donors (Lipinski definition) is 1. The maximum Gasteiger partial charge on any atom is 0.416 e. The number of likely N-dealkylation sites (tertiary alicyclic amines) is 1. The van der Waals surface area contributed by atoms with Crippen LogP contribution in [0.15, 0.2) is 42.5 Å². The Labute approximate surface area is 149 Å². The third-order valence-corrected chi connectivity index (χ3v) is 4.65. The number of aryl methyl sites for hydroxylation is 1. The fourth-order valence-corrected chi connectivity index (χ4v) is 3.47. The highest BCUT2D eigenvalue weighted by atomic mass is 19.4. The largest absolute Gasteiger partial charge is 0.480 e. The third-order valence-electron chi connectivity index (χ3n) is 4.65. The van der Waals surface area contributed by atoms with Crippen molar-refractivity contribution in [3.8, 4) is 0 Å². The molecule has 1 aliphatic rings. The van der Waals surface area contributed by atoms with Gasteiger partial charge in [-0.15, -0.1) is 0 Å². The molecule has 0 aliphatic carbocycles. The molecular formula is C19H19F3N2O2. The highest BCUT2D eigenvalue weighted by Gasteiger charge is 2.38. The van der Waals surface area contributed by atoms with E-state index < -0.39 is 29.8 Å². The quantitative estimate of drug-likeness (QED) is 0.889. The van der Waals surface area contributed by atoms with Gasteiger partial charge in [0.2, 0.25) is 0 Å². The van der Waals surface area contributed by atoms with Crippen LogP contribution in [0, 0.1) is 6.92 Å². The first kappa shape index (κ1) is 18.4. The Kier molecular flexibility index (Phi) is 5.00. The second kappa shape index (κ2) is 7.07. The second-order valence-corrected chi connectivity index (χ2v) is 6.46. The lowest BCUT2D eigenvalue weighted by molar-refractivity contribution is -0.142. The lowest BCUT2D eigenvalue weighted by Gasteiger charge is -2.31. The van der Waals surface area contributed by atoms with Crippen LogP contribution in [0.3, 0.4) is 0 Å². The fraction of sp³-hybridized carbons (Fsp3) is 0.368. The topological polar surface area (TPSA) is 53.4 Å². The van der Waals surface area contributed by atoms with E-state index in [4.69, 9.17) is 0 Å². The van der Waals surface area contributed by atoms with E-state index >= 15 is 0 Å². The van der Waals surface area contributed by atoms with E-state index in [1.165, 1.54) is 12.1 Å². The van der Waals surface area contributed by atoms with E-state index in [2.05, 4.69) is 4.98 Å². The molecule has 0 radical (unpaired) electrons. The van der Waals surface area contributed by atoms with Crippen molar-refractivity contribution >= 4 is 5.97 Å². The minimum atomic E-state index is -4.41. The number of alkyl halides is 3. The van der Waals surface area contributed by atoms with Gasteiger partial charge in [-0.3, -0.25) is 14.7 Å². The lowest BCUT2D eigenvalue weighted by Crippen LogP contribution is -2.39. The average molecular weight is 364 g/mol. The molecule has 26 heavy (non-hydrogen) atoms. The first-order valence-electron chi connectivity index (χ1n) is 8.36. The number of nitrogens with zero attached hydrogens (tertiary/aromatic N) is 2. The summed E-state index contributed by atoms with van der Waals surface area (Å²) in [7, 11) is 0. The molecular weight excluding hydrogens is 345 g/mol. The first-order valence-corrected chi connectivity index (χ1v) is 8.36. The zero-order valence-electron chi connectivity index (χ0n) is 14.2. The van der Waals surface area contributed by atoms with E-state index in [0.717, 1.165) is 24.2 Å². The third kappa shape index (κ3) is 3.72. The number of benzene rings is 1. The summed E-state index contributed by atoms with van der Waals surface area (Å²) >= 11 is 0. The highest BCUT2D eigenvalue weighted by Crippen LogP contribution is 2.36. The molecule has 2 atom stereocenters. The van der Waals surface area contributed by atoms with E-state index in [1.54, 1.807) is 6.07 Å². The van der Waals surface area contributed by atoms with E-state index in [0.29, 0.717) is 24.2 Å². The van der Waals surface area contributed by atoms with Crippen LogP contribution in [-0.4, -0.2) is 33.5 Å². The van der Waals surface area contributed by atoms with Crippen LogP contribution < -0.4 is 0 Å². The van der Waals surface area contributed by atoms with Crippen LogP contribution >= 0.6 is 0 Å². The molecule has 7 heteroatoms. The number of aliphatic carboxylic acids is 1. The summed E-state index contributed by atoms with van der Waals surface area (Å²) in [6, 6.07) is 9.14. The molecule has 1 aromatic carbocycles. The molecule has 1 aliphatic heterocycles. The van der Waals surface area contributed by atoms with Crippen LogP contribution in [-0.2, 0) is 11.0 Å². The molecule has 4 nitrogen and oxygen atoms in total. The molecule has 1 N–H and O–H groups in total. The minimum absolute atomic E-state index is 0.499. The van der Waals surface area contributed by atoms with E-state index in [9.17, 15) is 23.1 Å². The molecule has 2 unspecified atom stereocenters. The summed E-state index contributed by atoms with van der Waals surface area (Å²) < 4.78 is 38.6. The molecule has 0 saturated carbocycles. The van der Waals surface area contributed by atoms with Gasteiger partial charge in [0.25, 0.3) is 0 Å². The van der Waals surface area contributed by atoms with Crippen molar-refractivity contribution in [1.82, 2.24) is 9.88 Å². The van der Waals surface area contributed by atoms with Crippen molar-refractivity contribution < 1.29 is 23.1 Å². The van der Waals surface area contributed by atoms with E-state index in [1.807, 2.05) is 24.0 Å². The molecule has 2 aromatic rings. The summed E-state index contributed by atoms with van der Waals surface area (Å²) in [5.41, 5.74) is 1.28. The van der Waals surface area contributed by atoms with Gasteiger partial charge >= 0.3 is 12.1 Å². The van der Waals surface area contributed by atoms with Gasteiger partial charge in [0.1, 0.15) is 6.04 Å². The zero-order valence-corrected chi connectivity index (χ0v) is 14.2. The van der Waals surface area contributed by atoms with Crippen LogP contribution in [0.25, 0.3) is 0 Å². The van der Waals surface area contributed by atoms with Gasteiger partial charge in [-0.25, -0.2) is 0 Å². The number of aromatic nitrogens is 1. The number of halogens is 3. The van der Waals surface area contributed by atoms with Crippen molar-refractivity contribution in [3.05, 3.63) is 65.0 Å². The van der Waals surface area contributed by atoms with Gasteiger partial charge in [-0.1, -0.05) is 18.2 Å². The predicted octanol–water partition coefficient (Wildman–Crippen LogP) is 4.05. The number of carboxylic acids is 1. The number of carbonyl (C=O) groups is 1. The average Bonchev–Trinajstić information content (AvgIpc) is 3.04. The van der Waals surface area contributed by atoms with Crippen LogP contribution in [0.1, 0.15) is 41.4 Å². The number of hydrogen-bond acceptors (Lipinski definition) is 3. The fourth-order valence-electron chi connectivity index (χ4n) is 3.47. The highest BCUT2D eigenvalue weighted by molar-refractivity contribution is 5.74. The van der Waals surface area contributed by atoms with Crippen molar-refractivity contribution in [1.29, 1.82) is 0 Å². The Hall–Kier alpha value is -2.41. The second-order valence-electron chi connectivity index (χ2n) is 6.46. The molecule has 0 amide bonds. The molecule has 1 saturated heterocycles. The molecule has 0 spiro atoms. The SMILES string of the molecule is Cc1cccc(C(c2ccc(C(F)(F)F)cc2)N2CCCC2C(=O)O)n1. The Balaban J connectivity index is 2.05. The number of pyridine rings is 1. The zero-order chi connectivity index (χ0) is 18.9. The number of rotatable bonds is 4. The summed E-state index contributed by atoms with van der Waals surface area (Å²) in [4.78, 5) is 17.9. The van der Waals surface area contributed by atoms with Crippen molar-refractivity contribution in [2.75, 3.05) is 6.54 Å². The lowest BCUT2D eigenvalue weighted by atomic mass is 9.98. The molecule has 0 bridgehead atoms. The van der Waals surface area contributed by atoms with Crippen LogP contribution in [0.5, 0.6) is 0 Å². The molecule has 3 rings (SSSR count). The molecule has 1 aromatic heterocycles. The maximum absolute atomic E-state index is 12.9. The summed E-state index contributed by atoms with van der Waals surface area (Å²) in [6.07, 6.45) is -3.18. The van der Waals surface area contributed by atoms with Gasteiger partial charge in [-0.05, 0) is 49.6 Å². The normalized spacial score (nSPS) is 19.5. The molecule has 2 heterocycles. The van der Waals surface area contributed by atoms with Crippen molar-refractivity contribution in [2.24, 2.45) is 0 Å². The van der Waals surface area contributed by atoms with Crippen molar-refractivity contribution in [2.45, 2.75) is 38.0 Å². The molecule has 138 valence electrons. The standard InChI is InChI=1S/C19H19F3N2O2/c1-12-4-2-5-15(23-12)17(24-11-3-6-16(24)18(25)26)13-7-9-14(10-8-13)19(20,21)22/h2,4-5,7-10,16-17H,3,6,11H2,1H3,(H,25,26). The van der Waals surface area contributed by atoms with Gasteiger partial charge in [0, 0.05) is 12.2 Å². The summed E-state index contributed by atoms with van der Waals surface area (Å²) in [5, 5.41) is 9.52. The van der Waals surface area contributed by atoms with Gasteiger partial charge in [0.15, 0.2) is 0 Å². The summed E-state index contributed by atoms with van der Waals surface area (Å²) in [6.45, 7) is 2.38. The Bertz CT molecular complexity index is 790. The Morgan fingerprint density at radius 3 is 2.50 bits per heavy atom. The summed E-state index contributed by atoms with van der Waals surface area (Å²) in [5.74, 6) is -0.924. The van der Waals surface area contributed by atoms with Crippen LogP contribution in [0.4, 0.5) is 13.2 Å². The van der Waals surface area contributed by atoms with E-state index in [-0.39, 0.29) is 0 Å². The number of carboxylic acid groups (broad SMARTS) is 1. The Morgan fingerprint density at radius 2 is 1.92 bits per heavy atom. The van der Waals surface area contributed by atoms with Gasteiger partial charge < -0.3 is 5.11 Å². The van der Waals surface area contributed by atoms with Crippen LogP contribution in [0.2, 0.25) is 0 Å². The van der Waals surface area contributed by atoms with Gasteiger partial charge in [0.05, 0.1) is 17.3 Å². The minimum Gasteiger partial charge on any atom is -0.480 e. The Morgan fingerprint density at radius 1 is 1.23 bits per heavy atom. The van der Waals surface area contributed by atoms with Crippen molar-refractivity contribution in [3.63, 3.8) is 0 Å². The maximum atomic E-state index is 12.9. The molecule has 1 fully saturated rings. The monoisotopic (exact) mass is 364 g/mol. The predicted molar refractivity (Wildman–Crippen MR) is 89.6 cm³/mol. The first-order chi connectivity index (χ1) is 12.3. The van der Waals surface area contributed by atoms with Gasteiger partial charge in [-0.2, -0.15) is 13.2 Å². The smallest absolute Gasteiger partial charge is 0.416 e.